The summed E-state index contributed by atoms with van der Waals surface area (Å²) in [6.45, 7) is 18.5. The summed E-state index contributed by atoms with van der Waals surface area (Å²) in [6.07, 6.45) is -0.378. The summed E-state index contributed by atoms with van der Waals surface area (Å²) in [5, 5.41) is 1.52. The van der Waals surface area contributed by atoms with E-state index in [9.17, 15) is 14.4 Å². The molecule has 2 aromatic carbocycles. The Morgan fingerprint density at radius 2 is 1.63 bits per heavy atom. The zero-order valence-electron chi connectivity index (χ0n) is 25.6. The molecule has 1 amide bonds. The topological polar surface area (TPSA) is 109 Å². The summed E-state index contributed by atoms with van der Waals surface area (Å²) in [5.41, 5.74) is 7.64. The van der Waals surface area contributed by atoms with Crippen LogP contribution in [0.25, 0.3) is 22.1 Å². The van der Waals surface area contributed by atoms with E-state index >= 15 is 0 Å². The fourth-order valence-corrected chi connectivity index (χ4v) is 5.73. The smallest absolute Gasteiger partial charge is 0.409 e. The van der Waals surface area contributed by atoms with Gasteiger partial charge < -0.3 is 19.3 Å². The molecule has 1 unspecified atom stereocenters. The number of ether oxygens (including phenoxy) is 1. The minimum absolute atomic E-state index is 0.0391. The fraction of sp³-hybridized carbons (Fsp3) is 0.469. The first-order chi connectivity index (χ1) is 18.9. The number of furan rings is 1. The van der Waals surface area contributed by atoms with Crippen molar-refractivity contribution in [2.24, 2.45) is 11.7 Å². The highest BCUT2D eigenvalue weighted by Gasteiger charge is 2.38. The number of carbonyl (C=O) groups excluding carboxylic acids is 3. The van der Waals surface area contributed by atoms with Gasteiger partial charge >= 0.3 is 6.09 Å². The van der Waals surface area contributed by atoms with Gasteiger partial charge in [0, 0.05) is 17.2 Å². The van der Waals surface area contributed by atoms with Crippen LogP contribution < -0.4 is 10.5 Å². The van der Waals surface area contributed by atoms with Gasteiger partial charge in [0.1, 0.15) is 17.3 Å². The van der Waals surface area contributed by atoms with E-state index in [2.05, 4.69) is 70.6 Å². The van der Waals surface area contributed by atoms with Gasteiger partial charge in [0.05, 0.1) is 18.1 Å². The maximum absolute atomic E-state index is 13.3. The largest absolute Gasteiger partial charge is 0.448 e. The molecule has 0 radical (unpaired) electrons. The van der Waals surface area contributed by atoms with Crippen LogP contribution in [-0.4, -0.2) is 32.6 Å². The highest BCUT2D eigenvalue weighted by atomic mass is 79.9. The minimum atomic E-state index is -2.14. The standard InChI is InChI=1S/C32H42BrNO6Si/c1-10-25(35)23(26(36)18-38-41(8,9)32(5,6)7)16-19-11-13-21-22(15-19)29(33)40-28(21)24-17-20(31(2,3)4)12-14-27(24)39-30(34)37/h11-15,17,23H,10,16,18H2,1-9H3,(H2,34,37). The van der Waals surface area contributed by atoms with Crippen LogP contribution in [0.2, 0.25) is 18.1 Å². The predicted molar refractivity (Wildman–Crippen MR) is 169 cm³/mol. The Kier molecular flexibility index (Phi) is 9.77. The Bertz CT molecular complexity index is 1460. The van der Waals surface area contributed by atoms with Crippen molar-refractivity contribution in [1.29, 1.82) is 0 Å². The molecule has 222 valence electrons. The molecule has 3 aromatic rings. The third-order valence-corrected chi connectivity index (χ3v) is 13.0. The molecular weight excluding hydrogens is 602 g/mol. The van der Waals surface area contributed by atoms with Gasteiger partial charge in [-0.15, -0.1) is 0 Å². The fourth-order valence-electron chi connectivity index (χ4n) is 4.31. The van der Waals surface area contributed by atoms with Crippen LogP contribution in [-0.2, 0) is 25.9 Å². The highest BCUT2D eigenvalue weighted by Crippen LogP contribution is 2.43. The predicted octanol–water partition coefficient (Wildman–Crippen LogP) is 8.35. The molecule has 0 bridgehead atoms. The van der Waals surface area contributed by atoms with Gasteiger partial charge in [-0.05, 0) is 75.2 Å². The summed E-state index contributed by atoms with van der Waals surface area (Å²) in [5.74, 6) is -0.278. The third kappa shape index (κ3) is 7.56. The van der Waals surface area contributed by atoms with Crippen molar-refractivity contribution >= 4 is 52.7 Å². The van der Waals surface area contributed by atoms with E-state index in [1.807, 2.05) is 30.3 Å². The number of halogens is 1. The van der Waals surface area contributed by atoms with E-state index in [1.54, 1.807) is 13.0 Å². The lowest BCUT2D eigenvalue weighted by Gasteiger charge is -2.36. The average molecular weight is 645 g/mol. The second-order valence-electron chi connectivity index (χ2n) is 13.1. The number of carbonyl (C=O) groups is 3. The van der Waals surface area contributed by atoms with E-state index < -0.39 is 20.3 Å². The molecular formula is C32H42BrNO6Si. The maximum atomic E-state index is 13.3. The highest BCUT2D eigenvalue weighted by molar-refractivity contribution is 9.10. The second-order valence-corrected chi connectivity index (χ2v) is 18.6. The molecule has 0 saturated heterocycles. The van der Waals surface area contributed by atoms with E-state index in [0.29, 0.717) is 21.7 Å². The normalized spacial score (nSPS) is 13.3. The maximum Gasteiger partial charge on any atom is 0.409 e. The van der Waals surface area contributed by atoms with Gasteiger partial charge in [0.15, 0.2) is 18.8 Å². The quantitative estimate of drug-likeness (QED) is 0.176. The number of rotatable bonds is 10. The first-order valence-electron chi connectivity index (χ1n) is 13.9. The Hall–Kier alpha value is -2.75. The number of amides is 1. The third-order valence-electron chi connectivity index (χ3n) is 7.98. The van der Waals surface area contributed by atoms with Crippen molar-refractivity contribution in [3.8, 4) is 17.1 Å². The van der Waals surface area contributed by atoms with Gasteiger partial charge in [-0.2, -0.15) is 0 Å². The van der Waals surface area contributed by atoms with Gasteiger partial charge in [-0.3, -0.25) is 9.59 Å². The lowest BCUT2D eigenvalue weighted by Crippen LogP contribution is -2.43. The molecule has 2 N–H and O–H groups in total. The number of hydrogen-bond donors (Lipinski definition) is 1. The Morgan fingerprint density at radius 1 is 0.976 bits per heavy atom. The van der Waals surface area contributed by atoms with Gasteiger partial charge in [0.25, 0.3) is 0 Å². The molecule has 0 spiro atoms. The zero-order chi connectivity index (χ0) is 30.9. The van der Waals surface area contributed by atoms with Crippen LogP contribution in [0, 0.1) is 5.92 Å². The van der Waals surface area contributed by atoms with Crippen molar-refractivity contribution in [1.82, 2.24) is 0 Å². The number of Topliss-reactive ketones (excluding diaryl/α,β-unsaturated/α-hetero) is 2. The van der Waals surface area contributed by atoms with Crippen LogP contribution in [0.1, 0.15) is 66.0 Å². The Morgan fingerprint density at radius 3 is 2.20 bits per heavy atom. The van der Waals surface area contributed by atoms with E-state index in [0.717, 1.165) is 21.9 Å². The minimum Gasteiger partial charge on any atom is -0.448 e. The number of primary amides is 1. The Balaban J connectivity index is 1.99. The summed E-state index contributed by atoms with van der Waals surface area (Å²) < 4.78 is 18.1. The number of fused-ring (bicyclic) bond motifs is 1. The average Bonchev–Trinajstić information content (AvgIpc) is 3.19. The van der Waals surface area contributed by atoms with Gasteiger partial charge in [-0.25, -0.2) is 4.79 Å². The molecule has 0 saturated carbocycles. The number of benzene rings is 2. The van der Waals surface area contributed by atoms with Crippen molar-refractivity contribution in [3.63, 3.8) is 0 Å². The van der Waals surface area contributed by atoms with Crippen LogP contribution in [0.3, 0.4) is 0 Å². The van der Waals surface area contributed by atoms with Gasteiger partial charge in [0.2, 0.25) is 0 Å². The lowest BCUT2D eigenvalue weighted by molar-refractivity contribution is -0.134. The van der Waals surface area contributed by atoms with Crippen molar-refractivity contribution in [2.45, 2.75) is 84.9 Å². The molecule has 1 atom stereocenters. The number of ketones is 2. The molecule has 0 fully saturated rings. The van der Waals surface area contributed by atoms with Crippen LogP contribution in [0.5, 0.6) is 5.75 Å². The molecule has 9 heteroatoms. The molecule has 41 heavy (non-hydrogen) atoms. The summed E-state index contributed by atoms with van der Waals surface area (Å²) >= 11 is 3.54. The summed E-state index contributed by atoms with van der Waals surface area (Å²) in [7, 11) is -2.14. The zero-order valence-corrected chi connectivity index (χ0v) is 28.2. The molecule has 0 aliphatic rings. The van der Waals surface area contributed by atoms with Crippen LogP contribution >= 0.6 is 15.9 Å². The molecule has 3 rings (SSSR count). The first-order valence-corrected chi connectivity index (χ1v) is 17.6. The molecule has 1 heterocycles. The number of nitrogens with two attached hydrogens (primary N) is 1. The van der Waals surface area contributed by atoms with Crippen LogP contribution in [0.15, 0.2) is 45.5 Å². The molecule has 7 nitrogen and oxygen atoms in total. The second kappa shape index (κ2) is 12.2. The molecule has 1 aromatic heterocycles. The first kappa shape index (κ1) is 32.8. The van der Waals surface area contributed by atoms with Crippen molar-refractivity contribution < 1.29 is 28.0 Å². The van der Waals surface area contributed by atoms with Gasteiger partial charge in [-0.1, -0.05) is 66.7 Å². The molecule has 0 aliphatic heterocycles. The van der Waals surface area contributed by atoms with E-state index in [1.165, 1.54) is 0 Å². The van der Waals surface area contributed by atoms with Crippen molar-refractivity contribution in [2.75, 3.05) is 6.61 Å². The van der Waals surface area contributed by atoms with E-state index in [-0.39, 0.29) is 41.5 Å². The van der Waals surface area contributed by atoms with Crippen molar-refractivity contribution in [3.05, 3.63) is 52.2 Å². The SMILES string of the molecule is CCC(=O)C(Cc1ccc2c(-c3cc(C(C)(C)C)ccc3OC(N)=O)oc(Br)c2c1)C(=O)CO[Si](C)(C)C(C)(C)C. The number of hydrogen-bond acceptors (Lipinski definition) is 6. The summed E-state index contributed by atoms with van der Waals surface area (Å²) in [4.78, 5) is 37.8. The van der Waals surface area contributed by atoms with E-state index in [4.69, 9.17) is 19.3 Å². The molecule has 0 aliphatic carbocycles. The summed E-state index contributed by atoms with van der Waals surface area (Å²) in [6, 6.07) is 11.3. The lowest BCUT2D eigenvalue weighted by atomic mass is 9.85. The van der Waals surface area contributed by atoms with Crippen LogP contribution in [0.4, 0.5) is 4.79 Å². The Labute approximate surface area is 252 Å². The monoisotopic (exact) mass is 643 g/mol.